The number of anilines is 1. The van der Waals surface area contributed by atoms with Crippen LogP contribution in [0.15, 0.2) is 29.8 Å². The van der Waals surface area contributed by atoms with Gasteiger partial charge in [-0.2, -0.15) is 0 Å². The summed E-state index contributed by atoms with van der Waals surface area (Å²) in [6, 6.07) is 4.98. The molecule has 0 atom stereocenters. The van der Waals surface area contributed by atoms with Crippen molar-refractivity contribution in [3.8, 4) is 0 Å². The minimum absolute atomic E-state index is 0.202. The summed E-state index contributed by atoms with van der Waals surface area (Å²) in [5.74, 6) is -0.328. The number of rotatable bonds is 2. The number of aliphatic hydroxyl groups is 1. The van der Waals surface area contributed by atoms with Crippen molar-refractivity contribution in [2.75, 3.05) is 18.0 Å². The Bertz CT molecular complexity index is 488. The van der Waals surface area contributed by atoms with E-state index in [4.69, 9.17) is 0 Å². The molecule has 1 aromatic carbocycles. The number of hydrogen-bond donors (Lipinski definition) is 1. The lowest BCUT2D eigenvalue weighted by Gasteiger charge is -2.34. The molecular formula is C16H22FNO. The lowest BCUT2D eigenvalue weighted by molar-refractivity contribution is 0.276. The van der Waals surface area contributed by atoms with Crippen molar-refractivity contribution in [3.05, 3.63) is 41.2 Å². The van der Waals surface area contributed by atoms with Crippen molar-refractivity contribution >= 4 is 5.69 Å². The normalized spacial score (nSPS) is 16.5. The van der Waals surface area contributed by atoms with Crippen molar-refractivity contribution in [1.82, 2.24) is 0 Å². The zero-order chi connectivity index (χ0) is 14.0. The van der Waals surface area contributed by atoms with Crippen LogP contribution in [0.25, 0.3) is 0 Å². The Hall–Kier alpha value is -1.35. The average Bonchev–Trinajstić information content (AvgIpc) is 2.37. The third-order valence-corrected chi connectivity index (χ3v) is 3.77. The topological polar surface area (TPSA) is 23.5 Å². The fraction of sp³-hybridized carbons (Fsp3) is 0.500. The third-order valence-electron chi connectivity index (χ3n) is 3.77. The molecule has 1 N–H and O–H groups in total. The van der Waals surface area contributed by atoms with E-state index in [-0.39, 0.29) is 17.8 Å². The largest absolute Gasteiger partial charge is 0.391 e. The van der Waals surface area contributed by atoms with Gasteiger partial charge in [0.25, 0.3) is 0 Å². The van der Waals surface area contributed by atoms with E-state index in [0.717, 1.165) is 25.2 Å². The highest BCUT2D eigenvalue weighted by atomic mass is 19.1. The number of benzene rings is 1. The fourth-order valence-corrected chi connectivity index (χ4v) is 2.57. The highest BCUT2D eigenvalue weighted by Crippen LogP contribution is 2.32. The quantitative estimate of drug-likeness (QED) is 0.825. The molecule has 3 heteroatoms. The zero-order valence-corrected chi connectivity index (χ0v) is 11.9. The first-order valence-corrected chi connectivity index (χ1v) is 6.76. The molecule has 0 amide bonds. The van der Waals surface area contributed by atoms with Crippen molar-refractivity contribution < 1.29 is 9.50 Å². The van der Waals surface area contributed by atoms with E-state index in [0.29, 0.717) is 5.56 Å². The molecule has 0 unspecified atom stereocenters. The summed E-state index contributed by atoms with van der Waals surface area (Å²) in [7, 11) is 0. The van der Waals surface area contributed by atoms with Gasteiger partial charge in [-0.05, 0) is 24.0 Å². The molecule has 2 rings (SSSR count). The Balaban J connectivity index is 2.23. The summed E-state index contributed by atoms with van der Waals surface area (Å²) in [5, 5.41) is 9.33. The van der Waals surface area contributed by atoms with Crippen LogP contribution in [-0.4, -0.2) is 18.2 Å². The van der Waals surface area contributed by atoms with E-state index in [9.17, 15) is 9.50 Å². The van der Waals surface area contributed by atoms with Gasteiger partial charge in [0.15, 0.2) is 0 Å². The molecule has 104 valence electrons. The summed E-state index contributed by atoms with van der Waals surface area (Å²) in [5.41, 5.74) is 2.86. The first-order valence-electron chi connectivity index (χ1n) is 6.76. The van der Waals surface area contributed by atoms with Gasteiger partial charge in [0.1, 0.15) is 5.82 Å². The third kappa shape index (κ3) is 2.98. The van der Waals surface area contributed by atoms with Gasteiger partial charge >= 0.3 is 0 Å². The predicted molar refractivity (Wildman–Crippen MR) is 76.7 cm³/mol. The van der Waals surface area contributed by atoms with Crippen LogP contribution >= 0.6 is 0 Å². The van der Waals surface area contributed by atoms with Crippen LogP contribution in [-0.2, 0) is 6.61 Å². The second-order valence-corrected chi connectivity index (χ2v) is 6.07. The summed E-state index contributed by atoms with van der Waals surface area (Å²) >= 11 is 0. The SMILES string of the molecule is CC(C)(C)C1=CCN(c2cccc(F)c2CO)CC1. The summed E-state index contributed by atoms with van der Waals surface area (Å²) < 4.78 is 13.7. The van der Waals surface area contributed by atoms with Crippen LogP contribution in [0.1, 0.15) is 32.8 Å². The molecule has 0 spiro atoms. The monoisotopic (exact) mass is 263 g/mol. The van der Waals surface area contributed by atoms with Crippen molar-refractivity contribution in [2.45, 2.75) is 33.8 Å². The van der Waals surface area contributed by atoms with Crippen LogP contribution in [0.3, 0.4) is 0 Å². The van der Waals surface area contributed by atoms with Crippen molar-refractivity contribution in [2.24, 2.45) is 5.41 Å². The minimum Gasteiger partial charge on any atom is -0.391 e. The zero-order valence-electron chi connectivity index (χ0n) is 11.9. The maximum absolute atomic E-state index is 13.7. The van der Waals surface area contributed by atoms with Gasteiger partial charge in [0, 0.05) is 24.3 Å². The lowest BCUT2D eigenvalue weighted by atomic mass is 9.83. The molecule has 1 aliphatic heterocycles. The molecule has 0 fully saturated rings. The van der Waals surface area contributed by atoms with Crippen LogP contribution in [0.2, 0.25) is 0 Å². The molecule has 0 saturated heterocycles. The summed E-state index contributed by atoms with van der Waals surface area (Å²) in [6.45, 7) is 8.05. The van der Waals surface area contributed by atoms with E-state index in [2.05, 4.69) is 31.7 Å². The molecule has 0 aromatic heterocycles. The number of halogens is 1. The highest BCUT2D eigenvalue weighted by molar-refractivity contribution is 5.55. The predicted octanol–water partition coefficient (Wildman–Crippen LogP) is 3.50. The smallest absolute Gasteiger partial charge is 0.130 e. The van der Waals surface area contributed by atoms with Gasteiger partial charge < -0.3 is 10.0 Å². The van der Waals surface area contributed by atoms with Crippen LogP contribution < -0.4 is 4.90 Å². The van der Waals surface area contributed by atoms with E-state index in [1.165, 1.54) is 11.6 Å². The second-order valence-electron chi connectivity index (χ2n) is 6.07. The molecule has 19 heavy (non-hydrogen) atoms. The Morgan fingerprint density at radius 2 is 2.05 bits per heavy atom. The molecule has 1 heterocycles. The molecule has 0 saturated carbocycles. The second kappa shape index (κ2) is 5.33. The maximum atomic E-state index is 13.7. The van der Waals surface area contributed by atoms with Gasteiger partial charge in [-0.3, -0.25) is 0 Å². The van der Waals surface area contributed by atoms with Gasteiger partial charge in [0.2, 0.25) is 0 Å². The Morgan fingerprint density at radius 3 is 2.58 bits per heavy atom. The van der Waals surface area contributed by atoms with Gasteiger partial charge in [-0.15, -0.1) is 0 Å². The Labute approximate surface area is 114 Å². The van der Waals surface area contributed by atoms with E-state index < -0.39 is 0 Å². The first-order chi connectivity index (χ1) is 8.93. The average molecular weight is 263 g/mol. The van der Waals surface area contributed by atoms with E-state index in [1.807, 2.05) is 6.07 Å². The Kier molecular flexibility index (Phi) is 3.95. The molecule has 0 bridgehead atoms. The molecular weight excluding hydrogens is 241 g/mol. The molecule has 1 aromatic rings. The van der Waals surface area contributed by atoms with Crippen LogP contribution in [0, 0.1) is 11.2 Å². The summed E-state index contributed by atoms with van der Waals surface area (Å²) in [6.07, 6.45) is 3.22. The van der Waals surface area contributed by atoms with Crippen molar-refractivity contribution in [1.29, 1.82) is 0 Å². The van der Waals surface area contributed by atoms with E-state index in [1.54, 1.807) is 6.07 Å². The van der Waals surface area contributed by atoms with Crippen molar-refractivity contribution in [3.63, 3.8) is 0 Å². The number of hydrogen-bond acceptors (Lipinski definition) is 2. The van der Waals surface area contributed by atoms with E-state index >= 15 is 0 Å². The summed E-state index contributed by atoms with van der Waals surface area (Å²) in [4.78, 5) is 2.13. The maximum Gasteiger partial charge on any atom is 0.130 e. The molecule has 1 aliphatic rings. The van der Waals surface area contributed by atoms with Crippen LogP contribution in [0.4, 0.5) is 10.1 Å². The van der Waals surface area contributed by atoms with Gasteiger partial charge in [-0.25, -0.2) is 4.39 Å². The molecule has 0 radical (unpaired) electrons. The number of nitrogens with zero attached hydrogens (tertiary/aromatic N) is 1. The van der Waals surface area contributed by atoms with Gasteiger partial charge in [-0.1, -0.05) is 38.5 Å². The first kappa shape index (κ1) is 14.1. The standard InChI is InChI=1S/C16H22FNO/c1-16(2,3)12-7-9-18(10-8-12)15-6-4-5-14(17)13(15)11-19/h4-7,19H,8-11H2,1-3H3. The molecule has 2 nitrogen and oxygen atoms in total. The fourth-order valence-electron chi connectivity index (χ4n) is 2.57. The highest BCUT2D eigenvalue weighted by Gasteiger charge is 2.22. The minimum atomic E-state index is -0.328. The number of aliphatic hydroxyl groups excluding tert-OH is 1. The lowest BCUT2D eigenvalue weighted by Crippen LogP contribution is -2.32. The Morgan fingerprint density at radius 1 is 1.32 bits per heavy atom. The van der Waals surface area contributed by atoms with Gasteiger partial charge in [0.05, 0.1) is 6.61 Å². The molecule has 0 aliphatic carbocycles. The van der Waals surface area contributed by atoms with Crippen LogP contribution in [0.5, 0.6) is 0 Å².